The van der Waals surface area contributed by atoms with Gasteiger partial charge in [-0.15, -0.1) is 0 Å². The number of rotatable bonds is 6. The number of carbonyl (C=O) groups excluding carboxylic acids is 1. The molecular weight excluding hydrogens is 400 g/mol. The first-order valence-corrected chi connectivity index (χ1v) is 10.4. The van der Waals surface area contributed by atoms with E-state index in [2.05, 4.69) is 15.4 Å². The second kappa shape index (κ2) is 7.53. The first-order chi connectivity index (χ1) is 14.9. The predicted octanol–water partition coefficient (Wildman–Crippen LogP) is 3.24. The van der Waals surface area contributed by atoms with Crippen LogP contribution in [0.5, 0.6) is 0 Å². The normalized spacial score (nSPS) is 19.8. The number of benzene rings is 1. The maximum Gasteiger partial charge on any atom is 0.272 e. The highest BCUT2D eigenvalue weighted by Gasteiger charge is 2.50. The number of nitrogens with zero attached hydrogens (tertiary/aromatic N) is 4. The van der Waals surface area contributed by atoms with Crippen LogP contribution >= 0.6 is 0 Å². The molecule has 2 aliphatic carbocycles. The minimum Gasteiger partial charge on any atom is -0.349 e. The molecule has 8 heteroatoms. The van der Waals surface area contributed by atoms with Gasteiger partial charge in [-0.1, -0.05) is 6.07 Å². The Hall–Kier alpha value is -3.13. The summed E-state index contributed by atoms with van der Waals surface area (Å²) in [5.74, 6) is -0.838. The van der Waals surface area contributed by atoms with E-state index in [9.17, 15) is 13.6 Å². The fourth-order valence-electron chi connectivity index (χ4n) is 4.58. The number of nitrogens with one attached hydrogen (secondary N) is 1. The second-order valence-electron chi connectivity index (χ2n) is 8.50. The summed E-state index contributed by atoms with van der Waals surface area (Å²) >= 11 is 0. The molecule has 0 aliphatic heterocycles. The molecule has 1 saturated carbocycles. The Labute approximate surface area is 178 Å². The number of aromatic nitrogens is 3. The van der Waals surface area contributed by atoms with Crippen molar-refractivity contribution in [3.63, 3.8) is 0 Å². The zero-order valence-electron chi connectivity index (χ0n) is 17.3. The number of halogens is 2. The Kier molecular flexibility index (Phi) is 4.81. The van der Waals surface area contributed by atoms with Crippen molar-refractivity contribution >= 4 is 5.91 Å². The molecule has 0 bridgehead atoms. The highest BCUT2D eigenvalue weighted by molar-refractivity contribution is 5.94. The molecule has 2 aromatic heterocycles. The van der Waals surface area contributed by atoms with Crippen LogP contribution < -0.4 is 5.32 Å². The van der Waals surface area contributed by atoms with Gasteiger partial charge in [0.2, 0.25) is 0 Å². The number of hydrogen-bond donors (Lipinski definition) is 1. The third-order valence-corrected chi connectivity index (χ3v) is 6.26. The van der Waals surface area contributed by atoms with Crippen LogP contribution in [0.3, 0.4) is 0 Å². The van der Waals surface area contributed by atoms with Gasteiger partial charge >= 0.3 is 0 Å². The molecule has 31 heavy (non-hydrogen) atoms. The molecular formula is C23H23F2N5O. The molecule has 2 aliphatic rings. The zero-order chi connectivity index (χ0) is 21.7. The SMILES string of the molecule is CN(C)C(CNC(=O)c1nn(-c2ccc(F)cc2F)c2c1C[C@H]1C[C@@H]21)c1cccnc1. The van der Waals surface area contributed by atoms with E-state index in [1.807, 2.05) is 31.1 Å². The van der Waals surface area contributed by atoms with Crippen LogP contribution in [0.2, 0.25) is 0 Å². The molecule has 6 nitrogen and oxygen atoms in total. The molecule has 160 valence electrons. The average Bonchev–Trinajstić information content (AvgIpc) is 3.24. The van der Waals surface area contributed by atoms with Crippen molar-refractivity contribution in [2.24, 2.45) is 5.92 Å². The molecule has 5 rings (SSSR count). The lowest BCUT2D eigenvalue weighted by Gasteiger charge is -2.24. The summed E-state index contributed by atoms with van der Waals surface area (Å²) in [6, 6.07) is 7.22. The van der Waals surface area contributed by atoms with E-state index in [1.54, 1.807) is 12.4 Å². The fraction of sp³-hybridized carbons (Fsp3) is 0.348. The molecule has 0 saturated heterocycles. The van der Waals surface area contributed by atoms with Gasteiger partial charge in [-0.05, 0) is 56.6 Å². The standard InChI is InChI=1S/C23H23F2N5O/c1-29(2)20(13-4-3-7-26-11-13)12-27-23(31)21-17-9-14-8-16(14)22(17)30(28-21)19-6-5-15(24)10-18(19)25/h3-7,10-11,14,16,20H,8-9,12H2,1-2H3,(H,27,31)/t14-,16-,20?/m1/s1. The molecule has 3 aromatic rings. The van der Waals surface area contributed by atoms with Crippen LogP contribution in [-0.2, 0) is 6.42 Å². The van der Waals surface area contributed by atoms with Crippen molar-refractivity contribution in [2.75, 3.05) is 20.6 Å². The van der Waals surface area contributed by atoms with Crippen LogP contribution in [0.1, 0.15) is 45.7 Å². The summed E-state index contributed by atoms with van der Waals surface area (Å²) in [4.78, 5) is 19.3. The lowest BCUT2D eigenvalue weighted by molar-refractivity contribution is 0.0935. The third kappa shape index (κ3) is 3.50. The van der Waals surface area contributed by atoms with E-state index in [1.165, 1.54) is 16.8 Å². The Morgan fingerprint density at radius 3 is 2.87 bits per heavy atom. The summed E-state index contributed by atoms with van der Waals surface area (Å²) < 4.78 is 29.4. The molecule has 1 N–H and O–H groups in total. The predicted molar refractivity (Wildman–Crippen MR) is 111 cm³/mol. The van der Waals surface area contributed by atoms with Crippen LogP contribution in [-0.4, -0.2) is 46.2 Å². The minimum absolute atomic E-state index is 0.0456. The van der Waals surface area contributed by atoms with Crippen LogP contribution in [0.4, 0.5) is 8.78 Å². The number of hydrogen-bond acceptors (Lipinski definition) is 4. The van der Waals surface area contributed by atoms with Crippen molar-refractivity contribution in [3.8, 4) is 5.69 Å². The average molecular weight is 423 g/mol. The summed E-state index contributed by atoms with van der Waals surface area (Å²) in [7, 11) is 3.89. The lowest BCUT2D eigenvalue weighted by Crippen LogP contribution is -2.35. The number of likely N-dealkylation sites (N-methyl/N-ethyl adjacent to an activating group) is 1. The van der Waals surface area contributed by atoms with Crippen LogP contribution in [0.15, 0.2) is 42.7 Å². The highest BCUT2D eigenvalue weighted by atomic mass is 19.1. The van der Waals surface area contributed by atoms with Crippen molar-refractivity contribution in [3.05, 3.63) is 76.9 Å². The fourth-order valence-corrected chi connectivity index (χ4v) is 4.58. The summed E-state index contributed by atoms with van der Waals surface area (Å²) in [5, 5.41) is 7.47. The molecule has 3 atom stereocenters. The maximum atomic E-state index is 14.5. The van der Waals surface area contributed by atoms with Gasteiger partial charge in [-0.3, -0.25) is 9.78 Å². The summed E-state index contributed by atoms with van der Waals surface area (Å²) in [6.45, 7) is 0.386. The highest BCUT2D eigenvalue weighted by Crippen LogP contribution is 2.57. The number of pyridine rings is 1. The molecule has 0 radical (unpaired) electrons. The van der Waals surface area contributed by atoms with E-state index in [0.717, 1.165) is 35.7 Å². The van der Waals surface area contributed by atoms with Gasteiger partial charge in [0.05, 0.1) is 11.7 Å². The zero-order valence-corrected chi connectivity index (χ0v) is 17.3. The first kappa shape index (κ1) is 19.8. The monoisotopic (exact) mass is 423 g/mol. The van der Waals surface area contributed by atoms with Crippen LogP contribution in [0, 0.1) is 17.6 Å². The molecule has 0 spiro atoms. The first-order valence-electron chi connectivity index (χ1n) is 10.4. The van der Waals surface area contributed by atoms with E-state index in [0.29, 0.717) is 24.1 Å². The van der Waals surface area contributed by atoms with Gasteiger partial charge in [-0.25, -0.2) is 13.5 Å². The number of carbonyl (C=O) groups is 1. The largest absolute Gasteiger partial charge is 0.349 e. The van der Waals surface area contributed by atoms with Gasteiger partial charge in [0.15, 0.2) is 11.5 Å². The van der Waals surface area contributed by atoms with Gasteiger partial charge in [0.1, 0.15) is 11.5 Å². The Bertz CT molecular complexity index is 1140. The minimum atomic E-state index is -0.689. The van der Waals surface area contributed by atoms with E-state index < -0.39 is 11.6 Å². The summed E-state index contributed by atoms with van der Waals surface area (Å²) in [6.07, 6.45) is 5.29. The van der Waals surface area contributed by atoms with Gasteiger partial charge in [0.25, 0.3) is 5.91 Å². The third-order valence-electron chi connectivity index (χ3n) is 6.26. The Morgan fingerprint density at radius 1 is 1.32 bits per heavy atom. The van der Waals surface area contributed by atoms with Crippen LogP contribution in [0.25, 0.3) is 5.69 Å². The molecule has 1 aromatic carbocycles. The van der Waals surface area contributed by atoms with Gasteiger partial charge in [0, 0.05) is 36.5 Å². The van der Waals surface area contributed by atoms with E-state index in [-0.39, 0.29) is 17.6 Å². The lowest BCUT2D eigenvalue weighted by atomic mass is 10.1. The maximum absolute atomic E-state index is 14.5. The van der Waals surface area contributed by atoms with Crippen molar-refractivity contribution in [2.45, 2.75) is 24.8 Å². The van der Waals surface area contributed by atoms with E-state index in [4.69, 9.17) is 0 Å². The number of fused-ring (bicyclic) bond motifs is 3. The van der Waals surface area contributed by atoms with Crippen molar-refractivity contribution in [1.82, 2.24) is 25.0 Å². The van der Waals surface area contributed by atoms with Crippen molar-refractivity contribution in [1.29, 1.82) is 0 Å². The van der Waals surface area contributed by atoms with Gasteiger partial charge < -0.3 is 10.2 Å². The summed E-state index contributed by atoms with van der Waals surface area (Å²) in [5.41, 5.74) is 3.26. The topological polar surface area (TPSA) is 63.1 Å². The number of amides is 1. The molecule has 1 amide bonds. The molecule has 1 fully saturated rings. The van der Waals surface area contributed by atoms with E-state index >= 15 is 0 Å². The smallest absolute Gasteiger partial charge is 0.272 e. The molecule has 2 heterocycles. The second-order valence-corrected chi connectivity index (χ2v) is 8.50. The van der Waals surface area contributed by atoms with Gasteiger partial charge in [-0.2, -0.15) is 5.10 Å². The molecule has 1 unspecified atom stereocenters. The Balaban J connectivity index is 1.43. The van der Waals surface area contributed by atoms with Crippen molar-refractivity contribution < 1.29 is 13.6 Å². The Morgan fingerprint density at radius 2 is 2.16 bits per heavy atom. The quantitative estimate of drug-likeness (QED) is 0.661.